The minimum Gasteiger partial charge on any atom is -0.369 e. The van der Waals surface area contributed by atoms with Gasteiger partial charge >= 0.3 is 0 Å². The zero-order valence-corrected chi connectivity index (χ0v) is 8.93. The van der Waals surface area contributed by atoms with Crippen LogP contribution < -0.4 is 11.5 Å². The van der Waals surface area contributed by atoms with Gasteiger partial charge in [0.2, 0.25) is 11.9 Å². The molecule has 0 spiro atoms. The van der Waals surface area contributed by atoms with Crippen molar-refractivity contribution in [2.75, 3.05) is 11.5 Å². The fraction of sp³-hybridized carbons (Fsp3) is 0.167. The summed E-state index contributed by atoms with van der Waals surface area (Å²) in [6.45, 7) is 0. The standard InChI is InChI=1S/C6H7BrN4OS/c7-3-1-5(11-6(9)10-3)13-2-4(8)12/h1H,2H2,(H2,8,12)(H2,9,10,11). The Morgan fingerprint density at radius 2 is 2.31 bits per heavy atom. The molecular formula is C6H7BrN4OS. The average molecular weight is 263 g/mol. The van der Waals surface area contributed by atoms with Crippen molar-refractivity contribution in [2.24, 2.45) is 5.73 Å². The number of carbonyl (C=O) groups is 1. The lowest BCUT2D eigenvalue weighted by Gasteiger charge is -1.99. The fourth-order valence-electron chi connectivity index (χ4n) is 0.633. The molecule has 4 N–H and O–H groups in total. The molecule has 7 heteroatoms. The molecule has 0 aromatic carbocycles. The van der Waals surface area contributed by atoms with Crippen molar-refractivity contribution >= 4 is 39.5 Å². The van der Waals surface area contributed by atoms with Crippen molar-refractivity contribution < 1.29 is 4.79 Å². The molecule has 70 valence electrons. The summed E-state index contributed by atoms with van der Waals surface area (Å²) >= 11 is 4.38. The molecule has 13 heavy (non-hydrogen) atoms. The monoisotopic (exact) mass is 262 g/mol. The maximum absolute atomic E-state index is 10.5. The lowest BCUT2D eigenvalue weighted by atomic mass is 10.7. The molecule has 0 fully saturated rings. The van der Waals surface area contributed by atoms with Crippen molar-refractivity contribution in [3.8, 4) is 0 Å². The molecular weight excluding hydrogens is 256 g/mol. The Morgan fingerprint density at radius 1 is 1.62 bits per heavy atom. The number of aromatic nitrogens is 2. The van der Waals surface area contributed by atoms with E-state index >= 15 is 0 Å². The molecule has 0 saturated heterocycles. The Balaban J connectivity index is 2.71. The second-order valence-electron chi connectivity index (χ2n) is 2.14. The molecule has 0 aliphatic rings. The third-order valence-electron chi connectivity index (χ3n) is 1.05. The molecule has 1 heterocycles. The van der Waals surface area contributed by atoms with E-state index < -0.39 is 5.91 Å². The van der Waals surface area contributed by atoms with E-state index in [0.29, 0.717) is 9.63 Å². The number of hydrogen-bond donors (Lipinski definition) is 2. The summed E-state index contributed by atoms with van der Waals surface area (Å²) in [6.07, 6.45) is 0. The lowest BCUT2D eigenvalue weighted by Crippen LogP contribution is -2.13. The van der Waals surface area contributed by atoms with Gasteiger partial charge in [-0.2, -0.15) is 0 Å². The molecule has 5 nitrogen and oxygen atoms in total. The first-order valence-electron chi connectivity index (χ1n) is 3.29. The Morgan fingerprint density at radius 3 is 2.85 bits per heavy atom. The molecule has 0 unspecified atom stereocenters. The third-order valence-corrected chi connectivity index (χ3v) is 2.39. The van der Waals surface area contributed by atoms with Crippen LogP contribution in [0.4, 0.5) is 5.95 Å². The van der Waals surface area contributed by atoms with Crippen molar-refractivity contribution in [1.82, 2.24) is 9.97 Å². The molecule has 0 atom stereocenters. The van der Waals surface area contributed by atoms with Crippen LogP contribution >= 0.6 is 27.7 Å². The van der Waals surface area contributed by atoms with Gasteiger partial charge in [-0.25, -0.2) is 9.97 Å². The smallest absolute Gasteiger partial charge is 0.227 e. The second kappa shape index (κ2) is 4.43. The zero-order valence-electron chi connectivity index (χ0n) is 6.53. The van der Waals surface area contributed by atoms with Crippen LogP contribution in [0.3, 0.4) is 0 Å². The fourth-order valence-corrected chi connectivity index (χ4v) is 1.83. The highest BCUT2D eigenvalue weighted by molar-refractivity contribution is 9.10. The number of halogens is 1. The number of nitrogens with two attached hydrogens (primary N) is 2. The minimum atomic E-state index is -0.390. The highest BCUT2D eigenvalue weighted by Gasteiger charge is 2.02. The molecule has 1 amide bonds. The molecule has 0 saturated carbocycles. The van der Waals surface area contributed by atoms with Gasteiger partial charge in [0, 0.05) is 6.07 Å². The van der Waals surface area contributed by atoms with Gasteiger partial charge in [-0.1, -0.05) is 11.8 Å². The zero-order chi connectivity index (χ0) is 9.84. The van der Waals surface area contributed by atoms with Crippen LogP contribution in [0, 0.1) is 0 Å². The number of rotatable bonds is 3. The summed E-state index contributed by atoms with van der Waals surface area (Å²) in [4.78, 5) is 18.2. The van der Waals surface area contributed by atoms with E-state index in [9.17, 15) is 4.79 Å². The van der Waals surface area contributed by atoms with Crippen LogP contribution in [0.25, 0.3) is 0 Å². The lowest BCUT2D eigenvalue weighted by molar-refractivity contribution is -0.115. The topological polar surface area (TPSA) is 94.9 Å². The maximum atomic E-state index is 10.5. The summed E-state index contributed by atoms with van der Waals surface area (Å²) in [6, 6.07) is 1.67. The van der Waals surface area contributed by atoms with E-state index in [1.165, 1.54) is 11.8 Å². The predicted molar refractivity (Wildman–Crippen MR) is 54.1 cm³/mol. The van der Waals surface area contributed by atoms with Crippen LogP contribution in [0.15, 0.2) is 15.7 Å². The van der Waals surface area contributed by atoms with E-state index in [1.54, 1.807) is 6.07 Å². The van der Waals surface area contributed by atoms with Gasteiger partial charge in [-0.15, -0.1) is 0 Å². The van der Waals surface area contributed by atoms with Crippen molar-refractivity contribution in [3.05, 3.63) is 10.7 Å². The van der Waals surface area contributed by atoms with Crippen LogP contribution in [-0.4, -0.2) is 21.6 Å². The van der Waals surface area contributed by atoms with Gasteiger partial charge < -0.3 is 11.5 Å². The van der Waals surface area contributed by atoms with Gasteiger partial charge in [0.15, 0.2) is 0 Å². The predicted octanol–water partition coefficient (Wildman–Crippen LogP) is 0.399. The number of nitrogens with zero attached hydrogens (tertiary/aromatic N) is 2. The Labute approximate surface area is 87.4 Å². The first-order valence-corrected chi connectivity index (χ1v) is 5.07. The van der Waals surface area contributed by atoms with Gasteiger partial charge in [-0.05, 0) is 15.9 Å². The Hall–Kier alpha value is -0.820. The molecule has 0 aliphatic heterocycles. The number of carbonyl (C=O) groups excluding carboxylic acids is 1. The number of nitrogen functional groups attached to an aromatic ring is 1. The summed E-state index contributed by atoms with van der Waals surface area (Å²) in [5.74, 6) is -0.0391. The van der Waals surface area contributed by atoms with Crippen LogP contribution in [0.2, 0.25) is 0 Å². The summed E-state index contributed by atoms with van der Waals surface area (Å²) in [7, 11) is 0. The second-order valence-corrected chi connectivity index (χ2v) is 3.95. The summed E-state index contributed by atoms with van der Waals surface area (Å²) in [5.41, 5.74) is 10.4. The quantitative estimate of drug-likeness (QED) is 0.608. The number of thioether (sulfide) groups is 1. The molecule has 0 radical (unpaired) electrons. The van der Waals surface area contributed by atoms with Crippen molar-refractivity contribution in [1.29, 1.82) is 0 Å². The Bertz CT molecular complexity index is 312. The largest absolute Gasteiger partial charge is 0.369 e. The molecule has 0 aliphatic carbocycles. The number of primary amides is 1. The third kappa shape index (κ3) is 3.60. The molecule has 0 bridgehead atoms. The van der Waals surface area contributed by atoms with Gasteiger partial charge in [-0.3, -0.25) is 4.79 Å². The molecule has 1 aromatic rings. The normalized spacial score (nSPS) is 9.92. The summed E-state index contributed by atoms with van der Waals surface area (Å²) in [5, 5.41) is 0.623. The highest BCUT2D eigenvalue weighted by atomic mass is 79.9. The van der Waals surface area contributed by atoms with Crippen LogP contribution in [0.1, 0.15) is 0 Å². The first-order chi connectivity index (χ1) is 6.08. The first kappa shape index (κ1) is 10.3. The van der Waals surface area contributed by atoms with E-state index in [-0.39, 0.29) is 11.7 Å². The van der Waals surface area contributed by atoms with E-state index in [2.05, 4.69) is 25.9 Å². The van der Waals surface area contributed by atoms with Crippen molar-refractivity contribution in [3.63, 3.8) is 0 Å². The van der Waals surface area contributed by atoms with Crippen LogP contribution in [-0.2, 0) is 4.79 Å². The van der Waals surface area contributed by atoms with Gasteiger partial charge in [0.1, 0.15) is 9.63 Å². The number of amides is 1. The van der Waals surface area contributed by atoms with E-state index in [4.69, 9.17) is 11.5 Å². The number of hydrogen-bond acceptors (Lipinski definition) is 5. The van der Waals surface area contributed by atoms with E-state index in [1.807, 2.05) is 0 Å². The minimum absolute atomic E-state index is 0.168. The van der Waals surface area contributed by atoms with Gasteiger partial charge in [0.05, 0.1) is 5.75 Å². The molecule has 1 aromatic heterocycles. The van der Waals surface area contributed by atoms with E-state index in [0.717, 1.165) is 0 Å². The van der Waals surface area contributed by atoms with Crippen LogP contribution in [0.5, 0.6) is 0 Å². The molecule has 1 rings (SSSR count). The highest BCUT2D eigenvalue weighted by Crippen LogP contribution is 2.19. The maximum Gasteiger partial charge on any atom is 0.227 e. The summed E-state index contributed by atoms with van der Waals surface area (Å²) < 4.78 is 0.590. The van der Waals surface area contributed by atoms with Gasteiger partial charge in [0.25, 0.3) is 0 Å². The van der Waals surface area contributed by atoms with Crippen molar-refractivity contribution in [2.45, 2.75) is 5.03 Å². The number of anilines is 1. The average Bonchev–Trinajstić information content (AvgIpc) is 1.99. The Kier molecular flexibility index (Phi) is 3.49. The SMILES string of the molecule is NC(=O)CSc1cc(Br)nc(N)n1.